The Kier molecular flexibility index (Phi) is 5.76. The molecule has 2 N–H and O–H groups in total. The fourth-order valence-electron chi connectivity index (χ4n) is 2.53. The van der Waals surface area contributed by atoms with Crippen molar-refractivity contribution in [3.63, 3.8) is 0 Å². The van der Waals surface area contributed by atoms with Crippen molar-refractivity contribution in [2.45, 2.75) is 0 Å². The van der Waals surface area contributed by atoms with Crippen molar-refractivity contribution in [1.29, 1.82) is 5.26 Å². The first kappa shape index (κ1) is 19.5. The van der Waals surface area contributed by atoms with Crippen LogP contribution in [-0.4, -0.2) is 24.1 Å². The molecule has 3 aromatic rings. The van der Waals surface area contributed by atoms with E-state index >= 15 is 0 Å². The Morgan fingerprint density at radius 3 is 2.34 bits per heavy atom. The zero-order chi connectivity index (χ0) is 20.8. The van der Waals surface area contributed by atoms with Crippen LogP contribution in [0.5, 0.6) is 5.75 Å². The highest BCUT2D eigenvalue weighted by Crippen LogP contribution is 2.24. The van der Waals surface area contributed by atoms with Gasteiger partial charge in [0, 0.05) is 17.3 Å². The van der Waals surface area contributed by atoms with Crippen LogP contribution in [-0.2, 0) is 4.79 Å². The largest absolute Gasteiger partial charge is 0.497 e. The first-order chi connectivity index (χ1) is 14.0. The molecule has 0 spiro atoms. The Balaban J connectivity index is 1.76. The summed E-state index contributed by atoms with van der Waals surface area (Å²) in [6, 6.07) is 18.1. The van der Waals surface area contributed by atoms with E-state index in [0.29, 0.717) is 28.5 Å². The Morgan fingerprint density at radius 2 is 1.76 bits per heavy atom. The molecule has 3 rings (SSSR count). The van der Waals surface area contributed by atoms with Crippen molar-refractivity contribution in [1.82, 2.24) is 0 Å². The van der Waals surface area contributed by atoms with Crippen molar-refractivity contribution in [2.75, 3.05) is 12.4 Å². The summed E-state index contributed by atoms with van der Waals surface area (Å²) >= 11 is 0. The van der Waals surface area contributed by atoms with Crippen LogP contribution in [0.1, 0.15) is 16.1 Å². The number of methoxy groups -OCH3 is 1. The van der Waals surface area contributed by atoms with E-state index in [1.54, 1.807) is 55.6 Å². The second kappa shape index (κ2) is 8.59. The number of anilines is 1. The summed E-state index contributed by atoms with van der Waals surface area (Å²) in [5.41, 5.74) is 1.25. The Labute approximate surface area is 166 Å². The lowest BCUT2D eigenvalue weighted by Crippen LogP contribution is -2.13. The number of hydrogen-bond donors (Lipinski definition) is 2. The Morgan fingerprint density at radius 1 is 1.07 bits per heavy atom. The quantitative estimate of drug-likeness (QED) is 0.483. The second-order valence-electron chi connectivity index (χ2n) is 5.94. The van der Waals surface area contributed by atoms with E-state index in [1.165, 1.54) is 18.2 Å². The van der Waals surface area contributed by atoms with Gasteiger partial charge >= 0.3 is 5.97 Å². The molecule has 1 aromatic heterocycles. The molecule has 0 radical (unpaired) electrons. The van der Waals surface area contributed by atoms with E-state index in [1.807, 2.05) is 6.07 Å². The molecule has 0 aliphatic heterocycles. The average molecular weight is 388 g/mol. The van der Waals surface area contributed by atoms with Gasteiger partial charge in [0.2, 0.25) is 0 Å². The van der Waals surface area contributed by atoms with Gasteiger partial charge in [-0.25, -0.2) is 4.79 Å². The van der Waals surface area contributed by atoms with Gasteiger partial charge in [0.25, 0.3) is 5.91 Å². The molecule has 0 bridgehead atoms. The molecule has 1 amide bonds. The highest BCUT2D eigenvalue weighted by atomic mass is 16.5. The molecule has 0 atom stereocenters. The molecule has 0 saturated carbocycles. The van der Waals surface area contributed by atoms with Gasteiger partial charge in [0.15, 0.2) is 0 Å². The van der Waals surface area contributed by atoms with Gasteiger partial charge in [0.1, 0.15) is 28.9 Å². The maximum absolute atomic E-state index is 12.4. The Bertz CT molecular complexity index is 1100. The van der Waals surface area contributed by atoms with Crippen LogP contribution in [0.2, 0.25) is 0 Å². The number of nitrogens with one attached hydrogen (secondary N) is 1. The van der Waals surface area contributed by atoms with E-state index < -0.39 is 11.9 Å². The van der Waals surface area contributed by atoms with E-state index in [9.17, 15) is 14.9 Å². The summed E-state index contributed by atoms with van der Waals surface area (Å²) < 4.78 is 10.7. The number of hydrogen-bond acceptors (Lipinski definition) is 5. The lowest BCUT2D eigenvalue weighted by atomic mass is 10.1. The second-order valence-corrected chi connectivity index (χ2v) is 5.94. The zero-order valence-corrected chi connectivity index (χ0v) is 15.4. The molecule has 0 aliphatic rings. The van der Waals surface area contributed by atoms with E-state index in [0.717, 1.165) is 0 Å². The molecule has 7 nitrogen and oxygen atoms in total. The van der Waals surface area contributed by atoms with Crippen LogP contribution < -0.4 is 10.1 Å². The number of carboxylic acids is 1. The third-order valence-corrected chi connectivity index (χ3v) is 4.04. The van der Waals surface area contributed by atoms with Gasteiger partial charge in [-0.15, -0.1) is 0 Å². The topological polar surface area (TPSA) is 113 Å². The molecule has 29 heavy (non-hydrogen) atoms. The number of carbonyl (C=O) groups excluding carboxylic acids is 1. The van der Waals surface area contributed by atoms with Crippen molar-refractivity contribution >= 4 is 23.6 Å². The minimum absolute atomic E-state index is 0.122. The molecule has 0 aliphatic carbocycles. The summed E-state index contributed by atoms with van der Waals surface area (Å²) in [5, 5.41) is 20.9. The standard InChI is InChI=1S/C22H16N2O5/c1-28-18-8-6-17(7-9-18)24-21(25)16(13-23)12-19-10-11-20(29-19)14-2-4-15(5-3-14)22(26)27/h2-12H,1H3,(H,24,25)(H,26,27)/b16-12+. The monoisotopic (exact) mass is 388 g/mol. The molecule has 0 unspecified atom stereocenters. The number of furan rings is 1. The number of carbonyl (C=O) groups is 2. The van der Waals surface area contributed by atoms with Crippen LogP contribution in [0, 0.1) is 11.3 Å². The van der Waals surface area contributed by atoms with Gasteiger partial charge in [-0.3, -0.25) is 4.79 Å². The minimum Gasteiger partial charge on any atom is -0.497 e. The predicted molar refractivity (Wildman–Crippen MR) is 106 cm³/mol. The maximum atomic E-state index is 12.4. The highest BCUT2D eigenvalue weighted by Gasteiger charge is 2.12. The van der Waals surface area contributed by atoms with Gasteiger partial charge in [0.05, 0.1) is 12.7 Å². The molecule has 2 aromatic carbocycles. The van der Waals surface area contributed by atoms with E-state index in [2.05, 4.69) is 5.32 Å². The molecule has 144 valence electrons. The normalized spacial score (nSPS) is 10.8. The molecule has 0 fully saturated rings. The van der Waals surface area contributed by atoms with E-state index in [4.69, 9.17) is 14.3 Å². The molecular weight excluding hydrogens is 372 g/mol. The zero-order valence-electron chi connectivity index (χ0n) is 15.4. The first-order valence-electron chi connectivity index (χ1n) is 8.51. The number of rotatable bonds is 6. The van der Waals surface area contributed by atoms with Crippen molar-refractivity contribution in [3.8, 4) is 23.1 Å². The van der Waals surface area contributed by atoms with Crippen molar-refractivity contribution < 1.29 is 23.8 Å². The number of benzene rings is 2. The number of ether oxygens (including phenoxy) is 1. The maximum Gasteiger partial charge on any atom is 0.335 e. The number of amides is 1. The smallest absolute Gasteiger partial charge is 0.335 e. The van der Waals surface area contributed by atoms with Gasteiger partial charge in [-0.05, 0) is 48.5 Å². The summed E-state index contributed by atoms with van der Waals surface area (Å²) in [4.78, 5) is 23.3. The third-order valence-electron chi connectivity index (χ3n) is 4.04. The highest BCUT2D eigenvalue weighted by molar-refractivity contribution is 6.09. The molecule has 7 heteroatoms. The van der Waals surface area contributed by atoms with Crippen LogP contribution in [0.25, 0.3) is 17.4 Å². The lowest BCUT2D eigenvalue weighted by Gasteiger charge is -2.05. The summed E-state index contributed by atoms with van der Waals surface area (Å²) in [6.07, 6.45) is 1.34. The average Bonchev–Trinajstić information content (AvgIpc) is 3.21. The van der Waals surface area contributed by atoms with Crippen LogP contribution in [0.3, 0.4) is 0 Å². The SMILES string of the molecule is COc1ccc(NC(=O)/C(C#N)=C/c2ccc(-c3ccc(C(=O)O)cc3)o2)cc1. The predicted octanol–water partition coefficient (Wildman–Crippen LogP) is 4.20. The molecule has 0 saturated heterocycles. The minimum atomic E-state index is -1.01. The van der Waals surface area contributed by atoms with Crippen LogP contribution >= 0.6 is 0 Å². The van der Waals surface area contributed by atoms with Gasteiger partial charge < -0.3 is 19.6 Å². The molecular formula is C22H16N2O5. The number of carboxylic acid groups (broad SMARTS) is 1. The summed E-state index contributed by atoms with van der Waals surface area (Å²) in [6.45, 7) is 0. The van der Waals surface area contributed by atoms with E-state index in [-0.39, 0.29) is 11.1 Å². The lowest BCUT2D eigenvalue weighted by molar-refractivity contribution is -0.112. The van der Waals surface area contributed by atoms with Crippen LogP contribution in [0.15, 0.2) is 70.7 Å². The number of aromatic carboxylic acids is 1. The van der Waals surface area contributed by atoms with Crippen molar-refractivity contribution in [3.05, 3.63) is 77.6 Å². The van der Waals surface area contributed by atoms with Gasteiger partial charge in [-0.1, -0.05) is 12.1 Å². The Hall–Kier alpha value is -4.31. The van der Waals surface area contributed by atoms with Crippen molar-refractivity contribution in [2.24, 2.45) is 0 Å². The summed E-state index contributed by atoms with van der Waals surface area (Å²) in [5.74, 6) is -0.120. The number of nitrogens with zero attached hydrogens (tertiary/aromatic N) is 1. The van der Waals surface area contributed by atoms with Crippen LogP contribution in [0.4, 0.5) is 5.69 Å². The third kappa shape index (κ3) is 4.70. The number of nitriles is 1. The first-order valence-corrected chi connectivity index (χ1v) is 8.51. The fourth-order valence-corrected chi connectivity index (χ4v) is 2.53. The fraction of sp³-hybridized carbons (Fsp3) is 0.0455. The molecule has 1 heterocycles. The summed E-state index contributed by atoms with van der Waals surface area (Å²) in [7, 11) is 1.54. The van der Waals surface area contributed by atoms with Gasteiger partial charge in [-0.2, -0.15) is 5.26 Å².